The molecule has 0 aromatic rings. The molecule has 2 atom stereocenters. The van der Waals surface area contributed by atoms with Crippen LogP contribution in [0.1, 0.15) is 33.1 Å². The number of morpholine rings is 1. The van der Waals surface area contributed by atoms with E-state index in [-0.39, 0.29) is 0 Å². The highest BCUT2D eigenvalue weighted by atomic mass is 16.5. The van der Waals surface area contributed by atoms with Crippen molar-refractivity contribution in [2.24, 2.45) is 0 Å². The molecule has 2 heterocycles. The van der Waals surface area contributed by atoms with Gasteiger partial charge in [0.1, 0.15) is 0 Å². The van der Waals surface area contributed by atoms with Crippen LogP contribution in [-0.2, 0) is 4.74 Å². The van der Waals surface area contributed by atoms with Crippen LogP contribution < -0.4 is 0 Å². The predicted molar refractivity (Wildman–Crippen MR) is 66.7 cm³/mol. The van der Waals surface area contributed by atoms with E-state index >= 15 is 0 Å². The van der Waals surface area contributed by atoms with Crippen LogP contribution in [-0.4, -0.2) is 61.3 Å². The van der Waals surface area contributed by atoms with E-state index in [2.05, 4.69) is 23.6 Å². The third-order valence-electron chi connectivity index (χ3n) is 3.68. The van der Waals surface area contributed by atoms with Crippen molar-refractivity contribution in [3.8, 4) is 0 Å². The minimum Gasteiger partial charge on any atom is -0.373 e. The first-order valence-electron chi connectivity index (χ1n) is 6.84. The minimum atomic E-state index is 0.408. The first kappa shape index (κ1) is 12.3. The lowest BCUT2D eigenvalue weighted by atomic mass is 10.1. The van der Waals surface area contributed by atoms with Crippen LogP contribution in [0.25, 0.3) is 0 Å². The molecule has 0 spiro atoms. The molecule has 3 nitrogen and oxygen atoms in total. The van der Waals surface area contributed by atoms with E-state index in [1.54, 1.807) is 0 Å². The van der Waals surface area contributed by atoms with Gasteiger partial charge in [-0.2, -0.15) is 0 Å². The fourth-order valence-corrected chi connectivity index (χ4v) is 2.93. The molecule has 0 aliphatic carbocycles. The molecule has 16 heavy (non-hydrogen) atoms. The quantitative estimate of drug-likeness (QED) is 0.727. The molecule has 0 N–H and O–H groups in total. The van der Waals surface area contributed by atoms with Crippen molar-refractivity contribution < 1.29 is 4.74 Å². The molecule has 94 valence electrons. The SMILES string of the molecule is CC1CN(CCN2CCCCC2)CC(C)O1. The predicted octanol–water partition coefficient (Wildman–Crippen LogP) is 1.58. The molecule has 0 bridgehead atoms. The van der Waals surface area contributed by atoms with Crippen molar-refractivity contribution in [2.75, 3.05) is 39.3 Å². The molecule has 0 aromatic carbocycles. The second kappa shape index (κ2) is 5.99. The number of ether oxygens (including phenoxy) is 1. The number of nitrogens with zero attached hydrogens (tertiary/aromatic N) is 2. The minimum absolute atomic E-state index is 0.408. The van der Waals surface area contributed by atoms with Gasteiger partial charge < -0.3 is 9.64 Å². The van der Waals surface area contributed by atoms with Gasteiger partial charge in [-0.15, -0.1) is 0 Å². The molecule has 2 aliphatic heterocycles. The topological polar surface area (TPSA) is 15.7 Å². The molecule has 3 heteroatoms. The van der Waals surface area contributed by atoms with Gasteiger partial charge in [0, 0.05) is 26.2 Å². The summed E-state index contributed by atoms with van der Waals surface area (Å²) in [7, 11) is 0. The van der Waals surface area contributed by atoms with E-state index in [1.165, 1.54) is 45.4 Å². The van der Waals surface area contributed by atoms with Gasteiger partial charge in [0.05, 0.1) is 12.2 Å². The van der Waals surface area contributed by atoms with Gasteiger partial charge in [0.15, 0.2) is 0 Å². The molecule has 2 saturated heterocycles. The van der Waals surface area contributed by atoms with E-state index in [4.69, 9.17) is 4.74 Å². The van der Waals surface area contributed by atoms with Crippen LogP contribution in [0.5, 0.6) is 0 Å². The third-order valence-corrected chi connectivity index (χ3v) is 3.68. The van der Waals surface area contributed by atoms with Crippen LogP contribution in [0.3, 0.4) is 0 Å². The highest BCUT2D eigenvalue weighted by Crippen LogP contribution is 2.12. The molecule has 2 rings (SSSR count). The lowest BCUT2D eigenvalue weighted by Crippen LogP contribution is -2.48. The van der Waals surface area contributed by atoms with Crippen molar-refractivity contribution in [3.05, 3.63) is 0 Å². The molecule has 2 unspecified atom stereocenters. The average molecular weight is 226 g/mol. The van der Waals surface area contributed by atoms with Gasteiger partial charge in [-0.3, -0.25) is 4.90 Å². The zero-order chi connectivity index (χ0) is 11.4. The summed E-state index contributed by atoms with van der Waals surface area (Å²) in [5, 5.41) is 0. The van der Waals surface area contributed by atoms with E-state index in [9.17, 15) is 0 Å². The van der Waals surface area contributed by atoms with Crippen molar-refractivity contribution in [1.29, 1.82) is 0 Å². The maximum absolute atomic E-state index is 5.75. The number of rotatable bonds is 3. The van der Waals surface area contributed by atoms with E-state index in [0.29, 0.717) is 12.2 Å². The Bertz CT molecular complexity index is 194. The molecular formula is C13H26N2O. The van der Waals surface area contributed by atoms with Crippen LogP contribution >= 0.6 is 0 Å². The van der Waals surface area contributed by atoms with Gasteiger partial charge in [-0.1, -0.05) is 6.42 Å². The number of hydrogen-bond acceptors (Lipinski definition) is 3. The zero-order valence-electron chi connectivity index (χ0n) is 10.8. The number of piperidine rings is 1. The first-order chi connectivity index (χ1) is 7.74. The Balaban J connectivity index is 1.68. The smallest absolute Gasteiger partial charge is 0.0678 e. The Morgan fingerprint density at radius 2 is 1.44 bits per heavy atom. The maximum Gasteiger partial charge on any atom is 0.0678 e. The third kappa shape index (κ3) is 3.72. The van der Waals surface area contributed by atoms with Gasteiger partial charge in [0.25, 0.3) is 0 Å². The Labute approximate surface area is 99.7 Å². The van der Waals surface area contributed by atoms with Crippen LogP contribution in [0.15, 0.2) is 0 Å². The van der Waals surface area contributed by atoms with Crippen LogP contribution in [0.2, 0.25) is 0 Å². The van der Waals surface area contributed by atoms with Crippen LogP contribution in [0.4, 0.5) is 0 Å². The Morgan fingerprint density at radius 3 is 2.06 bits per heavy atom. The monoisotopic (exact) mass is 226 g/mol. The molecular weight excluding hydrogens is 200 g/mol. The van der Waals surface area contributed by atoms with Crippen molar-refractivity contribution in [2.45, 2.75) is 45.3 Å². The molecule has 0 amide bonds. The summed E-state index contributed by atoms with van der Waals surface area (Å²) in [4.78, 5) is 5.18. The van der Waals surface area contributed by atoms with E-state index < -0.39 is 0 Å². The highest BCUT2D eigenvalue weighted by molar-refractivity contribution is 4.75. The van der Waals surface area contributed by atoms with E-state index in [1.807, 2.05) is 0 Å². The van der Waals surface area contributed by atoms with Crippen molar-refractivity contribution >= 4 is 0 Å². The summed E-state index contributed by atoms with van der Waals surface area (Å²) in [6.07, 6.45) is 5.05. The van der Waals surface area contributed by atoms with Gasteiger partial charge in [-0.25, -0.2) is 0 Å². The molecule has 2 fully saturated rings. The van der Waals surface area contributed by atoms with Crippen LogP contribution in [0, 0.1) is 0 Å². The molecule has 0 radical (unpaired) electrons. The summed E-state index contributed by atoms with van der Waals surface area (Å²) in [6, 6.07) is 0. The zero-order valence-corrected chi connectivity index (χ0v) is 10.8. The standard InChI is InChI=1S/C13H26N2O/c1-12-10-15(11-13(2)16-12)9-8-14-6-4-3-5-7-14/h12-13H,3-11H2,1-2H3. The highest BCUT2D eigenvalue weighted by Gasteiger charge is 2.22. The Kier molecular flexibility index (Phi) is 4.62. The number of likely N-dealkylation sites (tertiary alicyclic amines) is 1. The van der Waals surface area contributed by atoms with Crippen molar-refractivity contribution in [3.63, 3.8) is 0 Å². The fraction of sp³-hybridized carbons (Fsp3) is 1.00. The summed E-state index contributed by atoms with van der Waals surface area (Å²) in [5.41, 5.74) is 0. The van der Waals surface area contributed by atoms with Gasteiger partial charge in [-0.05, 0) is 39.8 Å². The first-order valence-corrected chi connectivity index (χ1v) is 6.84. The second-order valence-corrected chi connectivity index (χ2v) is 5.42. The maximum atomic E-state index is 5.75. The van der Waals surface area contributed by atoms with Gasteiger partial charge >= 0.3 is 0 Å². The normalized spacial score (nSPS) is 34.1. The molecule has 2 aliphatic rings. The Morgan fingerprint density at radius 1 is 0.875 bits per heavy atom. The van der Waals surface area contributed by atoms with Gasteiger partial charge in [0.2, 0.25) is 0 Å². The molecule has 0 saturated carbocycles. The number of hydrogen-bond donors (Lipinski definition) is 0. The lowest BCUT2D eigenvalue weighted by Gasteiger charge is -2.37. The summed E-state index contributed by atoms with van der Waals surface area (Å²) < 4.78 is 5.75. The fourth-order valence-electron chi connectivity index (χ4n) is 2.93. The lowest BCUT2D eigenvalue weighted by molar-refractivity contribution is -0.0695. The molecule has 0 aromatic heterocycles. The van der Waals surface area contributed by atoms with Crippen molar-refractivity contribution in [1.82, 2.24) is 9.80 Å². The average Bonchev–Trinajstić information content (AvgIpc) is 2.27. The summed E-state index contributed by atoms with van der Waals surface area (Å²) in [5.74, 6) is 0. The Hall–Kier alpha value is -0.120. The summed E-state index contributed by atoms with van der Waals surface area (Å²) >= 11 is 0. The van der Waals surface area contributed by atoms with E-state index in [0.717, 1.165) is 13.1 Å². The largest absolute Gasteiger partial charge is 0.373 e. The summed E-state index contributed by atoms with van der Waals surface area (Å²) in [6.45, 7) is 11.7. The second-order valence-electron chi connectivity index (χ2n) is 5.42.